The van der Waals surface area contributed by atoms with Gasteiger partial charge in [-0.2, -0.15) is 10.4 Å². The zero-order chi connectivity index (χ0) is 13.8. The molecule has 0 spiro atoms. The predicted octanol–water partition coefficient (Wildman–Crippen LogP) is 2.29. The molecule has 0 saturated carbocycles. The molecule has 2 atom stereocenters. The van der Waals surface area contributed by atoms with Crippen molar-refractivity contribution >= 4 is 5.78 Å². The maximum Gasteiger partial charge on any atom is 0.178 e. The summed E-state index contributed by atoms with van der Waals surface area (Å²) in [5.41, 5.74) is 1.75. The molecule has 0 aromatic carbocycles. The molecule has 3 rings (SSSR count). The van der Waals surface area contributed by atoms with Gasteiger partial charge in [0, 0.05) is 16.5 Å². The lowest BCUT2D eigenvalue weighted by atomic mass is 9.52. The van der Waals surface area contributed by atoms with Gasteiger partial charge in [-0.1, -0.05) is 26.8 Å². The predicted molar refractivity (Wildman–Crippen MR) is 70.2 cm³/mol. The minimum atomic E-state index is -0.503. The van der Waals surface area contributed by atoms with Crippen LogP contribution < -0.4 is 0 Å². The molecule has 4 nitrogen and oxygen atoms in total. The van der Waals surface area contributed by atoms with E-state index >= 15 is 0 Å². The highest BCUT2D eigenvalue weighted by Gasteiger charge is 2.54. The molecule has 2 aliphatic rings. The molecule has 0 bridgehead atoms. The number of allylic oxidation sites excluding steroid dienone is 2. The number of fused-ring (bicyclic) bond motifs is 3. The first-order valence-electron chi connectivity index (χ1n) is 6.61. The van der Waals surface area contributed by atoms with Crippen LogP contribution in [0.4, 0.5) is 0 Å². The van der Waals surface area contributed by atoms with Crippen LogP contribution in [0, 0.1) is 22.7 Å². The zero-order valence-corrected chi connectivity index (χ0v) is 11.4. The van der Waals surface area contributed by atoms with Crippen molar-refractivity contribution in [3.8, 4) is 6.07 Å². The summed E-state index contributed by atoms with van der Waals surface area (Å²) in [5.74, 6) is 0.179. The fraction of sp³-hybridized carbons (Fsp3) is 0.533. The first kappa shape index (κ1) is 12.2. The van der Waals surface area contributed by atoms with Gasteiger partial charge in [-0.15, -0.1) is 0 Å². The third-order valence-corrected chi connectivity index (χ3v) is 4.95. The van der Waals surface area contributed by atoms with E-state index in [1.54, 1.807) is 0 Å². The molecular weight excluding hydrogens is 238 g/mol. The molecule has 1 heterocycles. The summed E-state index contributed by atoms with van der Waals surface area (Å²) in [6.45, 7) is 6.03. The van der Waals surface area contributed by atoms with Crippen LogP contribution >= 0.6 is 0 Å². The molecule has 2 aliphatic carbocycles. The van der Waals surface area contributed by atoms with E-state index in [-0.39, 0.29) is 22.7 Å². The van der Waals surface area contributed by atoms with Crippen molar-refractivity contribution in [2.75, 3.05) is 0 Å². The minimum absolute atomic E-state index is 0.0274. The Balaban J connectivity index is 2.27. The molecule has 0 aliphatic heterocycles. The van der Waals surface area contributed by atoms with Gasteiger partial charge in [0.1, 0.15) is 6.07 Å². The summed E-state index contributed by atoms with van der Waals surface area (Å²) in [4.78, 5) is 12.4. The largest absolute Gasteiger partial charge is 0.293 e. The number of nitriles is 1. The number of nitrogens with one attached hydrogen (secondary N) is 1. The van der Waals surface area contributed by atoms with Gasteiger partial charge in [0.2, 0.25) is 0 Å². The lowest BCUT2D eigenvalue weighted by Gasteiger charge is -2.49. The van der Waals surface area contributed by atoms with E-state index < -0.39 is 5.41 Å². The van der Waals surface area contributed by atoms with E-state index in [0.717, 1.165) is 18.5 Å². The summed E-state index contributed by atoms with van der Waals surface area (Å²) in [5, 5.41) is 16.4. The number of carbonyl (C=O) groups excluding carboxylic acids is 1. The molecule has 2 unspecified atom stereocenters. The van der Waals surface area contributed by atoms with E-state index in [1.807, 2.05) is 26.1 Å². The highest BCUT2D eigenvalue weighted by Crippen LogP contribution is 2.53. The average molecular weight is 255 g/mol. The van der Waals surface area contributed by atoms with E-state index in [1.165, 1.54) is 5.56 Å². The fourth-order valence-electron chi connectivity index (χ4n) is 3.98. The SMILES string of the molecule is CC1(C)C(=O)C(C#N)=CC2(C)c3[nH]ncc3CCC12. The van der Waals surface area contributed by atoms with Crippen molar-refractivity contribution in [1.29, 1.82) is 5.26 Å². The van der Waals surface area contributed by atoms with Crippen LogP contribution in [-0.2, 0) is 16.6 Å². The normalized spacial score (nSPS) is 32.0. The van der Waals surface area contributed by atoms with Crippen molar-refractivity contribution in [3.63, 3.8) is 0 Å². The third kappa shape index (κ3) is 1.39. The van der Waals surface area contributed by atoms with Crippen LogP contribution in [0.2, 0.25) is 0 Å². The highest BCUT2D eigenvalue weighted by atomic mass is 16.1. The Morgan fingerprint density at radius 1 is 1.47 bits per heavy atom. The van der Waals surface area contributed by atoms with Gasteiger partial charge in [0.15, 0.2) is 5.78 Å². The monoisotopic (exact) mass is 255 g/mol. The standard InChI is InChI=1S/C15H17N3O/c1-14(2)11-5-4-9-8-17-18-12(9)15(11,3)6-10(7-16)13(14)19/h6,8,11H,4-5H2,1-3H3,(H,17,18). The molecule has 0 saturated heterocycles. The number of nitrogens with zero attached hydrogens (tertiary/aromatic N) is 2. The number of Topliss-reactive ketones (excluding diaryl/α,β-unsaturated/α-hetero) is 1. The lowest BCUT2D eigenvalue weighted by molar-refractivity contribution is -0.128. The van der Waals surface area contributed by atoms with Crippen LogP contribution in [0.15, 0.2) is 17.8 Å². The van der Waals surface area contributed by atoms with Crippen molar-refractivity contribution < 1.29 is 4.79 Å². The topological polar surface area (TPSA) is 69.5 Å². The van der Waals surface area contributed by atoms with E-state index in [4.69, 9.17) is 0 Å². The Morgan fingerprint density at radius 3 is 2.89 bits per heavy atom. The number of hydrogen-bond acceptors (Lipinski definition) is 3. The van der Waals surface area contributed by atoms with Gasteiger partial charge in [-0.25, -0.2) is 0 Å². The second-order valence-electron chi connectivity index (χ2n) is 6.36. The smallest absolute Gasteiger partial charge is 0.178 e. The molecule has 1 aromatic rings. The molecule has 0 radical (unpaired) electrons. The van der Waals surface area contributed by atoms with Crippen molar-refractivity contribution in [2.45, 2.75) is 39.0 Å². The van der Waals surface area contributed by atoms with E-state index in [0.29, 0.717) is 0 Å². The summed E-state index contributed by atoms with van der Waals surface area (Å²) in [7, 11) is 0. The number of hydrogen-bond donors (Lipinski definition) is 1. The number of aryl methyl sites for hydroxylation is 1. The summed E-state index contributed by atoms with van der Waals surface area (Å²) in [6.07, 6.45) is 5.61. The van der Waals surface area contributed by atoms with Crippen LogP contribution in [0.25, 0.3) is 0 Å². The van der Waals surface area contributed by atoms with Crippen LogP contribution in [0.5, 0.6) is 0 Å². The van der Waals surface area contributed by atoms with E-state index in [2.05, 4.69) is 23.2 Å². The molecule has 0 fully saturated rings. The Labute approximate surface area is 112 Å². The molecule has 4 heteroatoms. The molecule has 19 heavy (non-hydrogen) atoms. The number of aromatic amines is 1. The second-order valence-corrected chi connectivity index (χ2v) is 6.36. The zero-order valence-electron chi connectivity index (χ0n) is 11.4. The number of rotatable bonds is 0. The molecule has 98 valence electrons. The summed E-state index contributed by atoms with van der Waals surface area (Å²) < 4.78 is 0. The van der Waals surface area contributed by atoms with Crippen LogP contribution in [0.1, 0.15) is 38.4 Å². The molecule has 0 amide bonds. The Bertz CT molecular complexity index is 632. The van der Waals surface area contributed by atoms with Crippen molar-refractivity contribution in [2.24, 2.45) is 11.3 Å². The van der Waals surface area contributed by atoms with Gasteiger partial charge >= 0.3 is 0 Å². The minimum Gasteiger partial charge on any atom is -0.293 e. The lowest BCUT2D eigenvalue weighted by Crippen LogP contribution is -2.51. The number of H-pyrrole nitrogens is 1. The first-order valence-corrected chi connectivity index (χ1v) is 6.61. The fourth-order valence-corrected chi connectivity index (χ4v) is 3.98. The number of carbonyl (C=O) groups is 1. The van der Waals surface area contributed by atoms with Crippen molar-refractivity contribution in [3.05, 3.63) is 29.1 Å². The quantitative estimate of drug-likeness (QED) is 0.773. The number of ketones is 1. The molecular formula is C15H17N3O. The van der Waals surface area contributed by atoms with Crippen LogP contribution in [0.3, 0.4) is 0 Å². The maximum atomic E-state index is 12.4. The van der Waals surface area contributed by atoms with Gasteiger partial charge in [0.25, 0.3) is 0 Å². The highest BCUT2D eigenvalue weighted by molar-refractivity contribution is 6.04. The van der Waals surface area contributed by atoms with Gasteiger partial charge in [-0.3, -0.25) is 9.89 Å². The first-order chi connectivity index (χ1) is 8.91. The van der Waals surface area contributed by atoms with Crippen LogP contribution in [-0.4, -0.2) is 16.0 Å². The van der Waals surface area contributed by atoms with Gasteiger partial charge < -0.3 is 0 Å². The van der Waals surface area contributed by atoms with Gasteiger partial charge in [0.05, 0.1) is 11.8 Å². The van der Waals surface area contributed by atoms with Gasteiger partial charge in [-0.05, 0) is 24.3 Å². The maximum absolute atomic E-state index is 12.4. The molecule has 1 aromatic heterocycles. The molecule has 1 N–H and O–H groups in total. The Kier molecular flexibility index (Phi) is 2.28. The average Bonchev–Trinajstić information content (AvgIpc) is 2.83. The van der Waals surface area contributed by atoms with E-state index in [9.17, 15) is 10.1 Å². The third-order valence-electron chi connectivity index (χ3n) is 4.95. The Hall–Kier alpha value is -1.89. The second kappa shape index (κ2) is 3.57. The summed E-state index contributed by atoms with van der Waals surface area (Å²) >= 11 is 0. The van der Waals surface area contributed by atoms with Crippen molar-refractivity contribution in [1.82, 2.24) is 10.2 Å². The Morgan fingerprint density at radius 2 is 2.21 bits per heavy atom. The number of aromatic nitrogens is 2. The summed E-state index contributed by atoms with van der Waals surface area (Å²) in [6, 6.07) is 2.07.